The molecule has 0 aliphatic carbocycles. The Labute approximate surface area is 160 Å². The molecular weight excluding hydrogens is 372 g/mol. The number of benzene rings is 1. The Kier molecular flexibility index (Phi) is 4.69. The van der Waals surface area contributed by atoms with Crippen LogP contribution in [0.1, 0.15) is 37.0 Å². The summed E-state index contributed by atoms with van der Waals surface area (Å²) < 4.78 is 11.8. The summed E-state index contributed by atoms with van der Waals surface area (Å²) in [6.45, 7) is 7.11. The first-order valence-corrected chi connectivity index (χ1v) is 8.54. The molecule has 0 radical (unpaired) electrons. The molecule has 0 atom stereocenters. The summed E-state index contributed by atoms with van der Waals surface area (Å²) in [5.74, 6) is 0.380. The van der Waals surface area contributed by atoms with E-state index in [0.717, 1.165) is 0 Å². The van der Waals surface area contributed by atoms with Gasteiger partial charge in [-0.3, -0.25) is 9.72 Å². The third-order valence-corrected chi connectivity index (χ3v) is 4.06. The van der Waals surface area contributed by atoms with E-state index in [-0.39, 0.29) is 16.4 Å². The second kappa shape index (κ2) is 6.70. The van der Waals surface area contributed by atoms with E-state index in [2.05, 4.69) is 15.3 Å². The number of esters is 1. The molecular formula is C18H19ClN4O4. The molecule has 0 aliphatic heterocycles. The number of nitrogens with zero attached hydrogens (tertiary/aromatic N) is 3. The molecule has 2 aromatic heterocycles. The summed E-state index contributed by atoms with van der Waals surface area (Å²) in [6.07, 6.45) is 0.952. The monoisotopic (exact) mass is 390 g/mol. The molecule has 0 saturated carbocycles. The summed E-state index contributed by atoms with van der Waals surface area (Å²) in [4.78, 5) is 32.9. The average molecular weight is 391 g/mol. The second-order valence-corrected chi connectivity index (χ2v) is 7.33. The molecule has 0 bridgehead atoms. The van der Waals surface area contributed by atoms with E-state index in [1.807, 2.05) is 0 Å². The van der Waals surface area contributed by atoms with Gasteiger partial charge in [-0.05, 0) is 39.8 Å². The molecule has 0 fully saturated rings. The number of methoxy groups -OCH3 is 1. The molecule has 27 heavy (non-hydrogen) atoms. The van der Waals surface area contributed by atoms with Crippen molar-refractivity contribution in [1.82, 2.24) is 14.4 Å². The Balaban J connectivity index is 2.19. The Bertz CT molecular complexity index is 1070. The van der Waals surface area contributed by atoms with Crippen LogP contribution in [0.4, 0.5) is 10.6 Å². The summed E-state index contributed by atoms with van der Waals surface area (Å²) >= 11 is 6.21. The van der Waals surface area contributed by atoms with Gasteiger partial charge in [0.25, 0.3) is 0 Å². The summed E-state index contributed by atoms with van der Waals surface area (Å²) in [6, 6.07) is 3.14. The number of halogens is 1. The topological polar surface area (TPSA) is 94.8 Å². The molecule has 0 aliphatic rings. The minimum absolute atomic E-state index is 0.196. The Morgan fingerprint density at radius 1 is 1.22 bits per heavy atom. The highest BCUT2D eigenvalue weighted by atomic mass is 35.5. The van der Waals surface area contributed by atoms with Crippen LogP contribution in [0, 0.1) is 6.92 Å². The fourth-order valence-electron chi connectivity index (χ4n) is 2.67. The highest BCUT2D eigenvalue weighted by molar-refractivity contribution is 6.34. The van der Waals surface area contributed by atoms with E-state index in [4.69, 9.17) is 21.1 Å². The molecule has 1 aromatic carbocycles. The summed E-state index contributed by atoms with van der Waals surface area (Å²) in [7, 11) is 1.28. The summed E-state index contributed by atoms with van der Waals surface area (Å²) in [5, 5.41) is 2.84. The van der Waals surface area contributed by atoms with Crippen molar-refractivity contribution in [2.45, 2.75) is 33.3 Å². The van der Waals surface area contributed by atoms with Crippen LogP contribution in [0.3, 0.4) is 0 Å². The number of aromatic nitrogens is 3. The van der Waals surface area contributed by atoms with Crippen molar-refractivity contribution in [3.63, 3.8) is 0 Å². The van der Waals surface area contributed by atoms with Crippen LogP contribution in [-0.2, 0) is 9.47 Å². The van der Waals surface area contributed by atoms with Gasteiger partial charge < -0.3 is 9.47 Å². The first-order valence-electron chi connectivity index (χ1n) is 8.16. The molecule has 0 saturated heterocycles. The number of hydrogen-bond acceptors (Lipinski definition) is 6. The highest BCUT2D eigenvalue weighted by Crippen LogP contribution is 2.28. The van der Waals surface area contributed by atoms with Crippen molar-refractivity contribution in [1.29, 1.82) is 0 Å². The van der Waals surface area contributed by atoms with Crippen LogP contribution in [-0.4, -0.2) is 39.1 Å². The number of hydrogen-bond donors (Lipinski definition) is 1. The number of ether oxygens (including phenoxy) is 2. The minimum Gasteiger partial charge on any atom is -0.465 e. The molecule has 2 heterocycles. The molecule has 0 unspecified atom stereocenters. The lowest BCUT2D eigenvalue weighted by Gasteiger charge is -2.20. The smallest absolute Gasteiger partial charge is 0.413 e. The average Bonchev–Trinajstić information content (AvgIpc) is 2.94. The molecule has 142 valence electrons. The van der Waals surface area contributed by atoms with Gasteiger partial charge in [-0.15, -0.1) is 0 Å². The minimum atomic E-state index is -0.647. The van der Waals surface area contributed by atoms with E-state index in [9.17, 15) is 9.59 Å². The van der Waals surface area contributed by atoms with Crippen molar-refractivity contribution in [2.75, 3.05) is 12.4 Å². The van der Waals surface area contributed by atoms with E-state index in [1.54, 1.807) is 50.4 Å². The van der Waals surface area contributed by atoms with Gasteiger partial charge in [0.05, 0.1) is 34.9 Å². The van der Waals surface area contributed by atoms with Crippen molar-refractivity contribution in [3.05, 3.63) is 34.7 Å². The van der Waals surface area contributed by atoms with Crippen molar-refractivity contribution < 1.29 is 19.1 Å². The zero-order valence-corrected chi connectivity index (χ0v) is 16.3. The molecule has 0 spiro atoms. The molecule has 9 heteroatoms. The van der Waals surface area contributed by atoms with E-state index >= 15 is 0 Å². The number of imidazole rings is 1. The van der Waals surface area contributed by atoms with E-state index in [0.29, 0.717) is 22.4 Å². The SMILES string of the molecule is COC(=O)c1cc2c(cc1Cl)nc(NC(=O)OC(C)(C)C)c1cnc(C)n12. The van der Waals surface area contributed by atoms with Crippen LogP contribution < -0.4 is 5.32 Å². The van der Waals surface area contributed by atoms with Crippen molar-refractivity contribution in [3.8, 4) is 0 Å². The first kappa shape index (κ1) is 18.9. The second-order valence-electron chi connectivity index (χ2n) is 6.93. The third-order valence-electron chi connectivity index (χ3n) is 3.74. The first-order chi connectivity index (χ1) is 12.6. The van der Waals surface area contributed by atoms with Gasteiger partial charge in [0.2, 0.25) is 0 Å². The van der Waals surface area contributed by atoms with E-state index in [1.165, 1.54) is 7.11 Å². The number of rotatable bonds is 2. The maximum atomic E-state index is 12.2. The fraction of sp³-hybridized carbons (Fsp3) is 0.333. The van der Waals surface area contributed by atoms with Gasteiger partial charge in [0.1, 0.15) is 16.9 Å². The Hall–Kier alpha value is -2.87. The summed E-state index contributed by atoms with van der Waals surface area (Å²) in [5.41, 5.74) is 1.22. The molecule has 1 N–H and O–H groups in total. The molecule has 3 rings (SSSR count). The van der Waals surface area contributed by atoms with Gasteiger partial charge in [0.15, 0.2) is 5.82 Å². The maximum absolute atomic E-state index is 12.2. The number of nitrogens with one attached hydrogen (secondary N) is 1. The number of aryl methyl sites for hydroxylation is 1. The van der Waals surface area contributed by atoms with Crippen LogP contribution in [0.15, 0.2) is 18.3 Å². The zero-order valence-electron chi connectivity index (χ0n) is 15.6. The Morgan fingerprint density at radius 3 is 2.56 bits per heavy atom. The maximum Gasteiger partial charge on any atom is 0.413 e. The van der Waals surface area contributed by atoms with Crippen molar-refractivity contribution in [2.24, 2.45) is 0 Å². The zero-order chi connectivity index (χ0) is 19.9. The third kappa shape index (κ3) is 3.66. The largest absolute Gasteiger partial charge is 0.465 e. The van der Waals surface area contributed by atoms with Gasteiger partial charge in [-0.25, -0.2) is 19.6 Å². The predicted octanol–water partition coefficient (Wildman–Crippen LogP) is 3.98. The van der Waals surface area contributed by atoms with Crippen LogP contribution >= 0.6 is 11.6 Å². The number of fused-ring (bicyclic) bond motifs is 3. The van der Waals surface area contributed by atoms with Gasteiger partial charge in [-0.2, -0.15) is 0 Å². The molecule has 1 amide bonds. The lowest BCUT2D eigenvalue weighted by atomic mass is 10.2. The van der Waals surface area contributed by atoms with Crippen LogP contribution in [0.25, 0.3) is 16.6 Å². The highest BCUT2D eigenvalue weighted by Gasteiger charge is 2.21. The quantitative estimate of drug-likeness (QED) is 0.665. The lowest BCUT2D eigenvalue weighted by molar-refractivity contribution is 0.0598. The van der Waals surface area contributed by atoms with Crippen molar-refractivity contribution >= 4 is 46.0 Å². The number of carbonyl (C=O) groups is 2. The van der Waals surface area contributed by atoms with Gasteiger partial charge in [-0.1, -0.05) is 11.6 Å². The molecule has 8 nitrogen and oxygen atoms in total. The predicted molar refractivity (Wildman–Crippen MR) is 101 cm³/mol. The van der Waals surface area contributed by atoms with Crippen LogP contribution in [0.5, 0.6) is 0 Å². The molecule has 3 aromatic rings. The number of amides is 1. The van der Waals surface area contributed by atoms with Crippen LogP contribution in [0.2, 0.25) is 5.02 Å². The van der Waals surface area contributed by atoms with Gasteiger partial charge in [0, 0.05) is 0 Å². The number of anilines is 1. The van der Waals surface area contributed by atoms with E-state index < -0.39 is 17.7 Å². The van der Waals surface area contributed by atoms with Gasteiger partial charge >= 0.3 is 12.1 Å². The fourth-order valence-corrected chi connectivity index (χ4v) is 2.91. The normalized spacial score (nSPS) is 11.6. The standard InChI is InChI=1S/C18H19ClN4O4/c1-9-20-8-14-15(22-17(25)27-18(2,3)4)21-12-7-11(19)10(16(24)26-5)6-13(12)23(9)14/h6-8H,1-5H3,(H,21,22,25). The Morgan fingerprint density at radius 2 is 1.93 bits per heavy atom. The number of carbonyl (C=O) groups excluding carboxylic acids is 2. The lowest BCUT2D eigenvalue weighted by Crippen LogP contribution is -2.27.